The molecule has 16 heavy (non-hydrogen) atoms. The van der Waals surface area contributed by atoms with Crippen LogP contribution in [0.4, 0.5) is 0 Å². The van der Waals surface area contributed by atoms with Gasteiger partial charge in [0.2, 0.25) is 0 Å². The van der Waals surface area contributed by atoms with Crippen LogP contribution in [0.15, 0.2) is 60.0 Å². The zero-order valence-electron chi connectivity index (χ0n) is 9.27. The SMILES string of the molecule is C=C1C(N)=CC(C)=C(c2ccccc2)N1N. The lowest BCUT2D eigenvalue weighted by Crippen LogP contribution is -2.33. The molecule has 1 heterocycles. The third-order valence-electron chi connectivity index (χ3n) is 2.66. The van der Waals surface area contributed by atoms with E-state index in [2.05, 4.69) is 6.58 Å². The fourth-order valence-electron chi connectivity index (χ4n) is 1.81. The molecular weight excluding hydrogens is 198 g/mol. The summed E-state index contributed by atoms with van der Waals surface area (Å²) < 4.78 is 0. The minimum absolute atomic E-state index is 0.611. The van der Waals surface area contributed by atoms with E-state index in [1.165, 1.54) is 0 Å². The second-order valence-corrected chi connectivity index (χ2v) is 3.81. The lowest BCUT2D eigenvalue weighted by molar-refractivity contribution is 0.519. The van der Waals surface area contributed by atoms with E-state index in [0.717, 1.165) is 16.8 Å². The number of benzene rings is 1. The Morgan fingerprint density at radius 3 is 2.44 bits per heavy atom. The quantitative estimate of drug-likeness (QED) is 0.701. The van der Waals surface area contributed by atoms with Crippen LogP contribution >= 0.6 is 0 Å². The Hall–Kier alpha value is -2.00. The van der Waals surface area contributed by atoms with Crippen LogP contribution in [0, 0.1) is 0 Å². The first kappa shape index (κ1) is 10.5. The first-order valence-corrected chi connectivity index (χ1v) is 5.09. The van der Waals surface area contributed by atoms with Crippen molar-refractivity contribution < 1.29 is 0 Å². The molecule has 1 aromatic rings. The third-order valence-corrected chi connectivity index (χ3v) is 2.66. The number of allylic oxidation sites excluding steroid dienone is 2. The van der Waals surface area contributed by atoms with Gasteiger partial charge in [0.1, 0.15) is 0 Å². The fourth-order valence-corrected chi connectivity index (χ4v) is 1.81. The first-order valence-electron chi connectivity index (χ1n) is 5.09. The highest BCUT2D eigenvalue weighted by Gasteiger charge is 2.19. The molecule has 0 amide bonds. The average molecular weight is 213 g/mol. The van der Waals surface area contributed by atoms with E-state index < -0.39 is 0 Å². The van der Waals surface area contributed by atoms with E-state index in [9.17, 15) is 0 Å². The molecule has 1 aliphatic heterocycles. The minimum atomic E-state index is 0.611. The molecule has 0 aliphatic carbocycles. The standard InChI is InChI=1S/C13H15N3/c1-9-8-12(14)10(2)16(15)13(9)11-6-4-3-5-7-11/h3-8H,2,14-15H2,1H3. The van der Waals surface area contributed by atoms with Crippen LogP contribution in [0.1, 0.15) is 12.5 Å². The zero-order chi connectivity index (χ0) is 11.7. The molecule has 0 radical (unpaired) electrons. The molecule has 3 nitrogen and oxygen atoms in total. The van der Waals surface area contributed by atoms with Gasteiger partial charge in [-0.05, 0) is 24.1 Å². The number of hydrazine groups is 1. The monoisotopic (exact) mass is 213 g/mol. The number of rotatable bonds is 1. The van der Waals surface area contributed by atoms with Gasteiger partial charge in [0.05, 0.1) is 17.1 Å². The molecular formula is C13H15N3. The second kappa shape index (κ2) is 3.87. The molecule has 4 N–H and O–H groups in total. The minimum Gasteiger partial charge on any atom is -0.397 e. The number of nitrogens with zero attached hydrogens (tertiary/aromatic N) is 1. The highest BCUT2D eigenvalue weighted by atomic mass is 15.4. The fraction of sp³-hybridized carbons (Fsp3) is 0.0769. The summed E-state index contributed by atoms with van der Waals surface area (Å²) in [5, 5.41) is 1.54. The van der Waals surface area contributed by atoms with E-state index >= 15 is 0 Å². The second-order valence-electron chi connectivity index (χ2n) is 3.81. The Morgan fingerprint density at radius 1 is 1.19 bits per heavy atom. The molecule has 0 aromatic heterocycles. The van der Waals surface area contributed by atoms with Crippen molar-refractivity contribution in [2.24, 2.45) is 11.6 Å². The zero-order valence-corrected chi connectivity index (χ0v) is 9.27. The highest BCUT2D eigenvalue weighted by molar-refractivity contribution is 5.73. The number of nitrogens with two attached hydrogens (primary N) is 2. The van der Waals surface area contributed by atoms with E-state index in [4.69, 9.17) is 11.6 Å². The van der Waals surface area contributed by atoms with Gasteiger partial charge in [0.15, 0.2) is 0 Å². The smallest absolute Gasteiger partial charge is 0.0733 e. The molecule has 0 saturated heterocycles. The van der Waals surface area contributed by atoms with Gasteiger partial charge in [-0.25, -0.2) is 5.84 Å². The summed E-state index contributed by atoms with van der Waals surface area (Å²) in [4.78, 5) is 0. The van der Waals surface area contributed by atoms with Crippen molar-refractivity contribution in [2.75, 3.05) is 0 Å². The molecule has 2 rings (SSSR count). The number of hydrogen-bond acceptors (Lipinski definition) is 3. The molecule has 0 bridgehead atoms. The van der Waals surface area contributed by atoms with Gasteiger partial charge in [-0.2, -0.15) is 0 Å². The van der Waals surface area contributed by atoms with E-state index in [-0.39, 0.29) is 0 Å². The molecule has 0 saturated carbocycles. The first-order chi connectivity index (χ1) is 7.61. The lowest BCUT2D eigenvalue weighted by atomic mass is 10.0. The van der Waals surface area contributed by atoms with E-state index in [0.29, 0.717) is 11.4 Å². The van der Waals surface area contributed by atoms with Gasteiger partial charge < -0.3 is 5.73 Å². The summed E-state index contributed by atoms with van der Waals surface area (Å²) in [6.45, 7) is 5.85. The predicted octanol–water partition coefficient (Wildman–Crippen LogP) is 1.96. The summed E-state index contributed by atoms with van der Waals surface area (Å²) in [6.07, 6.45) is 1.90. The van der Waals surface area contributed by atoms with Crippen LogP contribution in [-0.4, -0.2) is 5.01 Å². The summed E-state index contributed by atoms with van der Waals surface area (Å²) in [5.41, 5.74) is 10.1. The molecule has 3 heteroatoms. The van der Waals surface area contributed by atoms with Crippen LogP contribution < -0.4 is 11.6 Å². The van der Waals surface area contributed by atoms with Gasteiger partial charge in [-0.1, -0.05) is 36.9 Å². The molecule has 82 valence electrons. The molecule has 0 unspecified atom stereocenters. The van der Waals surface area contributed by atoms with Gasteiger partial charge in [-0.3, -0.25) is 5.01 Å². The Labute approximate surface area is 95.3 Å². The number of hydrogen-bond donors (Lipinski definition) is 2. The predicted molar refractivity (Wildman–Crippen MR) is 66.5 cm³/mol. The van der Waals surface area contributed by atoms with Gasteiger partial charge in [0.25, 0.3) is 0 Å². The maximum absolute atomic E-state index is 5.99. The van der Waals surface area contributed by atoms with E-state index in [1.54, 1.807) is 5.01 Å². The summed E-state index contributed by atoms with van der Waals surface area (Å²) in [5.74, 6) is 5.99. The average Bonchev–Trinajstić information content (AvgIpc) is 2.28. The molecule has 0 spiro atoms. The van der Waals surface area contributed by atoms with Crippen molar-refractivity contribution >= 4 is 5.70 Å². The van der Waals surface area contributed by atoms with Crippen molar-refractivity contribution in [1.29, 1.82) is 0 Å². The van der Waals surface area contributed by atoms with Gasteiger partial charge >= 0.3 is 0 Å². The highest BCUT2D eigenvalue weighted by Crippen LogP contribution is 2.29. The molecule has 0 fully saturated rings. The van der Waals surface area contributed by atoms with Crippen molar-refractivity contribution in [3.63, 3.8) is 0 Å². The third kappa shape index (κ3) is 1.61. The maximum Gasteiger partial charge on any atom is 0.0733 e. The van der Waals surface area contributed by atoms with Crippen molar-refractivity contribution in [3.05, 3.63) is 65.5 Å². The molecule has 1 aliphatic rings. The van der Waals surface area contributed by atoms with Crippen molar-refractivity contribution in [1.82, 2.24) is 5.01 Å². The van der Waals surface area contributed by atoms with Crippen LogP contribution in [0.25, 0.3) is 5.70 Å². The van der Waals surface area contributed by atoms with Crippen LogP contribution in [0.5, 0.6) is 0 Å². The Bertz CT molecular complexity index is 483. The summed E-state index contributed by atoms with van der Waals surface area (Å²) >= 11 is 0. The van der Waals surface area contributed by atoms with Crippen LogP contribution in [-0.2, 0) is 0 Å². The summed E-state index contributed by atoms with van der Waals surface area (Å²) in [7, 11) is 0. The van der Waals surface area contributed by atoms with Crippen molar-refractivity contribution in [2.45, 2.75) is 6.92 Å². The maximum atomic E-state index is 5.99. The molecule has 1 aromatic carbocycles. The van der Waals surface area contributed by atoms with Crippen molar-refractivity contribution in [3.8, 4) is 0 Å². The van der Waals surface area contributed by atoms with Gasteiger partial charge in [-0.15, -0.1) is 0 Å². The normalized spacial score (nSPS) is 16.5. The summed E-state index contributed by atoms with van der Waals surface area (Å²) in [6, 6.07) is 9.96. The van der Waals surface area contributed by atoms with E-state index in [1.807, 2.05) is 43.3 Å². The Kier molecular flexibility index (Phi) is 2.54. The largest absolute Gasteiger partial charge is 0.397 e. The Balaban J connectivity index is 2.55. The van der Waals surface area contributed by atoms with Crippen LogP contribution in [0.2, 0.25) is 0 Å². The van der Waals surface area contributed by atoms with Crippen LogP contribution in [0.3, 0.4) is 0 Å². The Morgan fingerprint density at radius 2 is 1.81 bits per heavy atom. The van der Waals surface area contributed by atoms with Gasteiger partial charge in [0, 0.05) is 0 Å². The lowest BCUT2D eigenvalue weighted by Gasteiger charge is -2.29. The molecule has 0 atom stereocenters. The topological polar surface area (TPSA) is 55.3 Å².